The van der Waals surface area contributed by atoms with E-state index < -0.39 is 34.9 Å². The average Bonchev–Trinajstić information content (AvgIpc) is 1.56. The van der Waals surface area contributed by atoms with Gasteiger partial charge in [-0.15, -0.1) is 0 Å². The Kier molecular flexibility index (Phi) is 21.1. The molecule has 12 rings (SSSR count). The topological polar surface area (TPSA) is 193 Å². The van der Waals surface area contributed by atoms with E-state index in [0.717, 1.165) is 39.4 Å². The number of hydrogen-bond acceptors (Lipinski definition) is 10. The Morgan fingerprint density at radius 3 is 1.40 bits per heavy atom. The van der Waals surface area contributed by atoms with Gasteiger partial charge in [0.05, 0.1) is 22.9 Å². The fourth-order valence-corrected chi connectivity index (χ4v) is 13.1. The summed E-state index contributed by atoms with van der Waals surface area (Å²) in [6.07, 6.45) is 5.76. The first-order valence-corrected chi connectivity index (χ1v) is 31.9. The van der Waals surface area contributed by atoms with Crippen molar-refractivity contribution in [2.75, 3.05) is 58.9 Å². The summed E-state index contributed by atoms with van der Waals surface area (Å²) in [6, 6.07) is 32.8. The molecule has 0 spiro atoms. The maximum Gasteiger partial charge on any atom is 0.270 e. The van der Waals surface area contributed by atoms with Crippen LogP contribution in [0.3, 0.4) is 0 Å². The number of piperazine rings is 2. The molecule has 0 bridgehead atoms. The first-order valence-electron chi connectivity index (χ1n) is 30.4. The molecule has 6 heterocycles. The molecule has 480 valence electrons. The third-order valence-corrected chi connectivity index (χ3v) is 18.0. The highest BCUT2D eigenvalue weighted by Gasteiger charge is 2.63. The Balaban J connectivity index is 0.000000189. The maximum absolute atomic E-state index is 14.9. The number of carbonyl (C=O) groups is 5. The van der Waals surface area contributed by atoms with Gasteiger partial charge in [0.1, 0.15) is 35.2 Å². The summed E-state index contributed by atoms with van der Waals surface area (Å²) in [6.45, 7) is 12.0. The summed E-state index contributed by atoms with van der Waals surface area (Å²) < 4.78 is 42.5. The van der Waals surface area contributed by atoms with Crippen LogP contribution < -0.4 is 14.8 Å². The van der Waals surface area contributed by atoms with Crippen molar-refractivity contribution < 1.29 is 47.0 Å². The van der Waals surface area contributed by atoms with Crippen molar-refractivity contribution in [3.05, 3.63) is 199 Å². The second-order valence-corrected chi connectivity index (χ2v) is 24.9. The lowest BCUT2D eigenvalue weighted by Crippen LogP contribution is -2.60. The van der Waals surface area contributed by atoms with Gasteiger partial charge in [-0.3, -0.25) is 24.0 Å². The smallest absolute Gasteiger partial charge is 0.270 e. The molecule has 92 heavy (non-hydrogen) atoms. The lowest BCUT2D eigenvalue weighted by Gasteiger charge is -2.42. The molecular formula is C69H69Cl4F2N9O8. The third-order valence-electron chi connectivity index (χ3n) is 17.0. The summed E-state index contributed by atoms with van der Waals surface area (Å²) >= 11 is 24.5. The summed E-state index contributed by atoms with van der Waals surface area (Å²) in [4.78, 5) is 97.6. The van der Waals surface area contributed by atoms with Gasteiger partial charge in [0, 0.05) is 134 Å². The van der Waals surface area contributed by atoms with Gasteiger partial charge in [0.15, 0.2) is 0 Å². The number of carbonyl (C=O) groups excluding carboxylic acids is 6. The fourth-order valence-electron chi connectivity index (χ4n) is 12.5. The van der Waals surface area contributed by atoms with E-state index >= 15 is 0 Å². The summed E-state index contributed by atoms with van der Waals surface area (Å²) in [5.74, 6) is -1.38. The van der Waals surface area contributed by atoms with Crippen LogP contribution in [0.4, 0.5) is 8.78 Å². The van der Waals surface area contributed by atoms with Gasteiger partial charge in [-0.25, -0.2) is 18.6 Å². The second kappa shape index (κ2) is 29.1. The van der Waals surface area contributed by atoms with Crippen LogP contribution in [0.5, 0.6) is 11.5 Å². The zero-order valence-corrected chi connectivity index (χ0v) is 54.2. The SMILES string of the molecule is CCCC(=O)N1CCN(C(=O)[C@]2(Oc3ccc(C)cc3)CC(=O)N(Cc3ccc(Cl)c(F)c3)[C@H]2c2c[nH]c3cc(Cl)ccc23)CC1.CCN=C=O.Cc1ccc(O[C@@]2(C(=O)N3CCNCC3)CC(=O)N(Cc3ccc(Cl)c(F)c3)C2c2c[nH]c3cc(Cl)ccc23)cc1. The average molecular weight is 1330 g/mol. The van der Waals surface area contributed by atoms with Gasteiger partial charge >= 0.3 is 0 Å². The van der Waals surface area contributed by atoms with Crippen molar-refractivity contribution in [1.82, 2.24) is 39.8 Å². The van der Waals surface area contributed by atoms with Crippen LogP contribution >= 0.6 is 46.4 Å². The van der Waals surface area contributed by atoms with Crippen molar-refractivity contribution in [2.24, 2.45) is 4.99 Å². The number of aromatic amines is 2. The zero-order valence-electron chi connectivity index (χ0n) is 51.2. The number of nitrogens with zero attached hydrogens (tertiary/aromatic N) is 6. The lowest BCUT2D eigenvalue weighted by molar-refractivity contribution is -0.154. The molecule has 4 atom stereocenters. The number of aryl methyl sites for hydroxylation is 2. The number of nitrogens with one attached hydrogen (secondary N) is 3. The summed E-state index contributed by atoms with van der Waals surface area (Å²) in [5.41, 5.74) is 2.75. The number of benzene rings is 6. The van der Waals surface area contributed by atoms with Gasteiger partial charge < -0.3 is 49.3 Å². The number of aliphatic imine (C=N–C) groups is 1. The minimum Gasteiger partial charge on any atom is -0.474 e. The minimum absolute atomic E-state index is 0.00232. The van der Waals surface area contributed by atoms with Crippen LogP contribution in [0, 0.1) is 25.5 Å². The Bertz CT molecular complexity index is 4080. The maximum atomic E-state index is 14.9. The Labute approximate surface area is 551 Å². The number of halogens is 6. The monoisotopic (exact) mass is 1330 g/mol. The highest BCUT2D eigenvalue weighted by atomic mass is 35.5. The molecule has 4 saturated heterocycles. The molecule has 4 aliphatic heterocycles. The van der Waals surface area contributed by atoms with Crippen molar-refractivity contribution in [2.45, 2.75) is 89.8 Å². The molecule has 4 aliphatic rings. The molecule has 6 aromatic carbocycles. The molecular weight excluding hydrogens is 1260 g/mol. The normalized spacial score (nSPS) is 19.7. The van der Waals surface area contributed by atoms with E-state index in [9.17, 15) is 32.8 Å². The van der Waals surface area contributed by atoms with Gasteiger partial charge in [-0.1, -0.05) is 113 Å². The molecule has 17 nitrogen and oxygen atoms in total. The number of ether oxygens (including phenoxy) is 2. The Morgan fingerprint density at radius 1 is 0.587 bits per heavy atom. The number of isocyanates is 1. The molecule has 5 amide bonds. The molecule has 2 aromatic heterocycles. The summed E-state index contributed by atoms with van der Waals surface area (Å²) in [7, 11) is 0. The van der Waals surface area contributed by atoms with Gasteiger partial charge in [0.2, 0.25) is 35.0 Å². The number of hydrogen-bond donors (Lipinski definition) is 3. The quantitative estimate of drug-likeness (QED) is 0.0661. The number of likely N-dealkylation sites (tertiary alicyclic amines) is 2. The third kappa shape index (κ3) is 14.3. The van der Waals surface area contributed by atoms with Gasteiger partial charge in [-0.2, -0.15) is 0 Å². The number of H-pyrrole nitrogens is 2. The number of rotatable bonds is 15. The lowest BCUT2D eigenvalue weighted by atomic mass is 9.86. The van der Waals surface area contributed by atoms with Crippen molar-refractivity contribution in [1.29, 1.82) is 0 Å². The minimum atomic E-state index is -1.68. The van der Waals surface area contributed by atoms with Crippen LogP contribution in [0.25, 0.3) is 21.8 Å². The highest BCUT2D eigenvalue weighted by Crippen LogP contribution is 2.51. The van der Waals surface area contributed by atoms with E-state index in [1.165, 1.54) is 30.3 Å². The van der Waals surface area contributed by atoms with E-state index in [1.807, 2.05) is 69.3 Å². The van der Waals surface area contributed by atoms with E-state index in [0.29, 0.717) is 109 Å². The molecule has 0 radical (unpaired) electrons. The van der Waals surface area contributed by atoms with Crippen molar-refractivity contribution in [3.63, 3.8) is 0 Å². The molecule has 4 fully saturated rings. The first-order chi connectivity index (χ1) is 44.3. The van der Waals surface area contributed by atoms with E-state index in [4.69, 9.17) is 60.7 Å². The number of amides is 5. The standard InChI is InChI=1S/C35H35Cl2FN4O4.C31H29Cl2FN4O3.C3H5NO/c1-3-4-31(43)40-13-15-41(16-14-40)34(45)35(46-25-9-5-22(2)6-10-25)19-32(44)42(21-23-7-12-28(37)29(38)17-23)33(35)27-20-39-30-18-24(36)8-11-26(27)30;1-19-2-6-22(7-3-19)41-31(30(40)37-12-10-35-11-13-37)16-28(39)38(18-20-4-9-25(33)26(34)14-20)29(31)24-17-36-27-15-21(32)5-8-23(24)27;1-2-4-3-5/h5-12,17-18,20,33,39H,3-4,13-16,19,21H2,1-2H3;2-9,14-15,17,29,35-36H,10-13,16,18H2,1H3;2H2,1H3/t33-,35-;29?,31-;/m00./s1. The molecule has 3 N–H and O–H groups in total. The largest absolute Gasteiger partial charge is 0.474 e. The second-order valence-electron chi connectivity index (χ2n) is 23.2. The van der Waals surface area contributed by atoms with Crippen molar-refractivity contribution >= 4 is 104 Å². The fraction of sp³-hybridized carbons (Fsp3) is 0.333. The molecule has 8 aromatic rings. The predicted octanol–water partition coefficient (Wildman–Crippen LogP) is 12.7. The van der Waals surface area contributed by atoms with Crippen LogP contribution in [-0.4, -0.2) is 140 Å². The molecule has 0 saturated carbocycles. The van der Waals surface area contributed by atoms with Gasteiger partial charge in [0.25, 0.3) is 11.8 Å². The van der Waals surface area contributed by atoms with E-state index in [2.05, 4.69) is 20.3 Å². The number of fused-ring (bicyclic) bond motifs is 2. The molecule has 1 unspecified atom stereocenters. The number of aromatic nitrogens is 2. The van der Waals surface area contributed by atoms with Crippen molar-refractivity contribution in [3.8, 4) is 11.5 Å². The first kappa shape index (κ1) is 66.6. The summed E-state index contributed by atoms with van der Waals surface area (Å²) in [5, 5.41) is 5.93. The van der Waals surface area contributed by atoms with Crippen LogP contribution in [0.1, 0.15) is 85.0 Å². The van der Waals surface area contributed by atoms with Crippen LogP contribution in [0.2, 0.25) is 20.1 Å². The Hall–Kier alpha value is -8.29. The van der Waals surface area contributed by atoms with E-state index in [-0.39, 0.29) is 65.5 Å². The molecule has 0 aliphatic carbocycles. The van der Waals surface area contributed by atoms with E-state index in [1.54, 1.807) is 92.3 Å². The van der Waals surface area contributed by atoms with Crippen LogP contribution in [0.15, 0.2) is 139 Å². The zero-order chi connectivity index (χ0) is 65.4. The highest BCUT2D eigenvalue weighted by molar-refractivity contribution is 6.32. The van der Waals surface area contributed by atoms with Crippen LogP contribution in [-0.2, 0) is 41.9 Å². The molecule has 23 heteroatoms. The van der Waals surface area contributed by atoms with Gasteiger partial charge in [-0.05, 0) is 111 Å². The predicted molar refractivity (Wildman–Crippen MR) is 351 cm³/mol. The Morgan fingerprint density at radius 2 is 1.01 bits per heavy atom.